The second-order valence-corrected chi connectivity index (χ2v) is 4.62. The minimum atomic E-state index is -0.202. The molecule has 0 aliphatic heterocycles. The summed E-state index contributed by atoms with van der Waals surface area (Å²) in [6, 6.07) is 5.08. The Hall–Kier alpha value is -0.740. The average molecular weight is 306 g/mol. The molecule has 5 heteroatoms. The van der Waals surface area contributed by atoms with E-state index in [0.29, 0.717) is 17.3 Å². The molecule has 0 bridgehead atoms. The number of benzene rings is 1. The van der Waals surface area contributed by atoms with E-state index in [2.05, 4.69) is 33.5 Å². The Balaban J connectivity index is 2.46. The summed E-state index contributed by atoms with van der Waals surface area (Å²) in [4.78, 5) is 11.4. The highest BCUT2D eigenvalue weighted by Gasteiger charge is 2.02. The fourth-order valence-electron chi connectivity index (χ4n) is 1.13. The first kappa shape index (κ1) is 13.3. The zero-order chi connectivity index (χ0) is 12.0. The van der Waals surface area contributed by atoms with Gasteiger partial charge in [-0.05, 0) is 40.5 Å². The first-order valence-corrected chi connectivity index (χ1v) is 6.30. The van der Waals surface area contributed by atoms with Crippen LogP contribution in [0.2, 0.25) is 5.02 Å². The maximum atomic E-state index is 11.4. The second-order valence-electron chi connectivity index (χ2n) is 3.36. The predicted molar refractivity (Wildman–Crippen MR) is 71.1 cm³/mol. The molecule has 0 aromatic heterocycles. The van der Waals surface area contributed by atoms with Crippen molar-refractivity contribution >= 4 is 39.2 Å². The topological polar surface area (TPSA) is 41.1 Å². The number of carbonyl (C=O) groups excluding carboxylic acids is 1. The van der Waals surface area contributed by atoms with E-state index in [-0.39, 0.29) is 6.03 Å². The molecule has 16 heavy (non-hydrogen) atoms. The van der Waals surface area contributed by atoms with E-state index in [0.717, 1.165) is 17.3 Å². The summed E-state index contributed by atoms with van der Waals surface area (Å²) in [5.74, 6) is 0. The van der Waals surface area contributed by atoms with Crippen LogP contribution in [0.15, 0.2) is 22.7 Å². The van der Waals surface area contributed by atoms with Crippen LogP contribution < -0.4 is 10.6 Å². The lowest BCUT2D eigenvalue weighted by atomic mass is 10.3. The zero-order valence-electron chi connectivity index (χ0n) is 9.02. The molecule has 0 fully saturated rings. The molecule has 1 aromatic carbocycles. The third kappa shape index (κ3) is 4.41. The normalized spacial score (nSPS) is 9.94. The van der Waals surface area contributed by atoms with Crippen LogP contribution in [0.5, 0.6) is 0 Å². The molecule has 2 amide bonds. The highest BCUT2D eigenvalue weighted by atomic mass is 79.9. The number of hydrogen-bond donors (Lipinski definition) is 2. The molecule has 3 nitrogen and oxygen atoms in total. The van der Waals surface area contributed by atoms with Crippen molar-refractivity contribution < 1.29 is 4.79 Å². The second kappa shape index (κ2) is 6.76. The molecule has 2 N–H and O–H groups in total. The number of nitrogens with one attached hydrogen (secondary N) is 2. The molecule has 0 saturated heterocycles. The van der Waals surface area contributed by atoms with Gasteiger partial charge in [-0.25, -0.2) is 4.79 Å². The number of halogens is 2. The first-order chi connectivity index (χ1) is 7.63. The minimum absolute atomic E-state index is 0.202. The first-order valence-electron chi connectivity index (χ1n) is 5.13. The summed E-state index contributed by atoms with van der Waals surface area (Å²) in [5.41, 5.74) is 0.683. The molecule has 0 radical (unpaired) electrons. The maximum Gasteiger partial charge on any atom is 0.319 e. The Kier molecular flexibility index (Phi) is 5.63. The van der Waals surface area contributed by atoms with Crippen LogP contribution in [-0.2, 0) is 0 Å². The van der Waals surface area contributed by atoms with Crippen LogP contribution in [0.25, 0.3) is 0 Å². The Morgan fingerprint density at radius 2 is 2.25 bits per heavy atom. The summed E-state index contributed by atoms with van der Waals surface area (Å²) in [6.07, 6.45) is 2.04. The van der Waals surface area contributed by atoms with Gasteiger partial charge in [0.15, 0.2) is 0 Å². The van der Waals surface area contributed by atoms with Crippen molar-refractivity contribution in [3.63, 3.8) is 0 Å². The van der Waals surface area contributed by atoms with Crippen LogP contribution in [0, 0.1) is 0 Å². The van der Waals surface area contributed by atoms with Crippen molar-refractivity contribution in [2.45, 2.75) is 19.8 Å². The molecule has 0 heterocycles. The fraction of sp³-hybridized carbons (Fsp3) is 0.364. The van der Waals surface area contributed by atoms with Gasteiger partial charge in [-0.2, -0.15) is 0 Å². The Labute approximate surface area is 109 Å². The lowest BCUT2D eigenvalue weighted by Gasteiger charge is -2.07. The van der Waals surface area contributed by atoms with Crippen LogP contribution >= 0.6 is 27.5 Å². The van der Waals surface area contributed by atoms with E-state index >= 15 is 0 Å². The lowest BCUT2D eigenvalue weighted by Crippen LogP contribution is -2.29. The highest BCUT2D eigenvalue weighted by Crippen LogP contribution is 2.25. The van der Waals surface area contributed by atoms with E-state index in [1.165, 1.54) is 0 Å². The molecule has 0 spiro atoms. The van der Waals surface area contributed by atoms with Gasteiger partial charge < -0.3 is 10.6 Å². The summed E-state index contributed by atoms with van der Waals surface area (Å²) < 4.78 is 0.811. The SMILES string of the molecule is CCCCNC(=O)Nc1ccc(Br)c(Cl)c1. The molecule has 0 unspecified atom stereocenters. The molecule has 1 aromatic rings. The summed E-state index contributed by atoms with van der Waals surface area (Å²) >= 11 is 9.19. The number of carbonyl (C=O) groups is 1. The van der Waals surface area contributed by atoms with Crippen LogP contribution in [0.3, 0.4) is 0 Å². The number of anilines is 1. The Morgan fingerprint density at radius 3 is 2.88 bits per heavy atom. The quantitative estimate of drug-likeness (QED) is 0.810. The van der Waals surface area contributed by atoms with Gasteiger partial charge in [-0.1, -0.05) is 24.9 Å². The standard InChI is InChI=1S/C11H14BrClN2O/c1-2-3-6-14-11(16)15-8-4-5-9(12)10(13)7-8/h4-5,7H,2-3,6H2,1H3,(H2,14,15,16). The number of rotatable bonds is 4. The van der Waals surface area contributed by atoms with Gasteiger partial charge in [0, 0.05) is 16.7 Å². The van der Waals surface area contributed by atoms with E-state index in [1.54, 1.807) is 18.2 Å². The number of urea groups is 1. The summed E-state index contributed by atoms with van der Waals surface area (Å²) in [7, 11) is 0. The molecule has 0 aliphatic rings. The lowest BCUT2D eigenvalue weighted by molar-refractivity contribution is 0.252. The van der Waals surface area contributed by atoms with Crippen molar-refractivity contribution in [1.29, 1.82) is 0 Å². The van der Waals surface area contributed by atoms with Gasteiger partial charge in [-0.15, -0.1) is 0 Å². The van der Waals surface area contributed by atoms with Gasteiger partial charge in [0.2, 0.25) is 0 Å². The smallest absolute Gasteiger partial charge is 0.319 e. The molecule has 88 valence electrons. The van der Waals surface area contributed by atoms with Crippen molar-refractivity contribution in [3.05, 3.63) is 27.7 Å². The van der Waals surface area contributed by atoms with Crippen molar-refractivity contribution in [2.24, 2.45) is 0 Å². The van der Waals surface area contributed by atoms with Crippen molar-refractivity contribution in [1.82, 2.24) is 5.32 Å². The summed E-state index contributed by atoms with van der Waals surface area (Å²) in [6.45, 7) is 2.76. The van der Waals surface area contributed by atoms with E-state index in [4.69, 9.17) is 11.6 Å². The van der Waals surface area contributed by atoms with Gasteiger partial charge in [0.05, 0.1) is 5.02 Å². The third-order valence-corrected chi connectivity index (χ3v) is 3.23. The number of hydrogen-bond acceptors (Lipinski definition) is 1. The van der Waals surface area contributed by atoms with Crippen LogP contribution in [-0.4, -0.2) is 12.6 Å². The molecular weight excluding hydrogens is 291 g/mol. The van der Waals surface area contributed by atoms with Crippen molar-refractivity contribution in [3.8, 4) is 0 Å². The Bertz CT molecular complexity index is 371. The number of unbranched alkanes of at least 4 members (excludes halogenated alkanes) is 1. The van der Waals surface area contributed by atoms with E-state index < -0.39 is 0 Å². The fourth-order valence-corrected chi connectivity index (χ4v) is 1.56. The van der Waals surface area contributed by atoms with Gasteiger partial charge in [0.1, 0.15) is 0 Å². The monoisotopic (exact) mass is 304 g/mol. The number of amides is 2. The third-order valence-electron chi connectivity index (χ3n) is 1.99. The molecule has 0 saturated carbocycles. The van der Waals surface area contributed by atoms with E-state index in [1.807, 2.05) is 0 Å². The largest absolute Gasteiger partial charge is 0.338 e. The van der Waals surface area contributed by atoms with Gasteiger partial charge >= 0.3 is 6.03 Å². The van der Waals surface area contributed by atoms with Crippen molar-refractivity contribution in [2.75, 3.05) is 11.9 Å². The van der Waals surface area contributed by atoms with Crippen LogP contribution in [0.4, 0.5) is 10.5 Å². The van der Waals surface area contributed by atoms with Gasteiger partial charge in [-0.3, -0.25) is 0 Å². The molecule has 1 rings (SSSR count). The Morgan fingerprint density at radius 1 is 1.50 bits per heavy atom. The van der Waals surface area contributed by atoms with E-state index in [9.17, 15) is 4.79 Å². The maximum absolute atomic E-state index is 11.4. The highest BCUT2D eigenvalue weighted by molar-refractivity contribution is 9.10. The summed E-state index contributed by atoms with van der Waals surface area (Å²) in [5, 5.41) is 6.05. The molecule has 0 aliphatic carbocycles. The molecular formula is C11H14BrClN2O. The molecule has 0 atom stereocenters. The minimum Gasteiger partial charge on any atom is -0.338 e. The van der Waals surface area contributed by atoms with Crippen LogP contribution in [0.1, 0.15) is 19.8 Å². The van der Waals surface area contributed by atoms with Gasteiger partial charge in [0.25, 0.3) is 0 Å². The predicted octanol–water partition coefficient (Wildman–Crippen LogP) is 4.02. The zero-order valence-corrected chi connectivity index (χ0v) is 11.4. The average Bonchev–Trinajstić information content (AvgIpc) is 2.24.